The van der Waals surface area contributed by atoms with Crippen LogP contribution in [0.5, 0.6) is 0 Å². The molecule has 0 atom stereocenters. The summed E-state index contributed by atoms with van der Waals surface area (Å²) in [5, 5.41) is 2.65. The number of benzene rings is 1. The van der Waals surface area contributed by atoms with E-state index in [1.165, 1.54) is 12.1 Å². The molecule has 2 amide bonds. The summed E-state index contributed by atoms with van der Waals surface area (Å²) >= 11 is 0. The van der Waals surface area contributed by atoms with Gasteiger partial charge in [-0.3, -0.25) is 9.59 Å². The summed E-state index contributed by atoms with van der Waals surface area (Å²) in [6.07, 6.45) is 1.81. The first-order valence-corrected chi connectivity index (χ1v) is 9.56. The van der Waals surface area contributed by atoms with E-state index in [-0.39, 0.29) is 29.7 Å². The van der Waals surface area contributed by atoms with Crippen LogP contribution in [-0.2, 0) is 26.0 Å². The molecule has 2 N–H and O–H groups in total. The molecule has 0 radical (unpaired) electrons. The van der Waals surface area contributed by atoms with Crippen molar-refractivity contribution in [2.45, 2.75) is 38.0 Å². The van der Waals surface area contributed by atoms with Crippen molar-refractivity contribution in [3.63, 3.8) is 0 Å². The van der Waals surface area contributed by atoms with Crippen molar-refractivity contribution < 1.29 is 18.0 Å². The van der Waals surface area contributed by atoms with Gasteiger partial charge in [0.2, 0.25) is 21.8 Å². The van der Waals surface area contributed by atoms with Gasteiger partial charge in [0, 0.05) is 18.8 Å². The number of rotatable bonds is 8. The molecule has 2 rings (SSSR count). The Morgan fingerprint density at radius 2 is 1.92 bits per heavy atom. The molecule has 8 heteroatoms. The van der Waals surface area contributed by atoms with Gasteiger partial charge in [-0.15, -0.1) is 0 Å². The number of anilines is 1. The summed E-state index contributed by atoms with van der Waals surface area (Å²) in [5.74, 6) is -0.391. The Bertz CT molecular complexity index is 725. The van der Waals surface area contributed by atoms with E-state index in [4.69, 9.17) is 0 Å². The molecule has 0 fully saturated rings. The van der Waals surface area contributed by atoms with Crippen LogP contribution in [-0.4, -0.2) is 44.8 Å². The van der Waals surface area contributed by atoms with E-state index in [1.807, 2.05) is 13.8 Å². The minimum absolute atomic E-state index is 0.0584. The second-order valence-corrected chi connectivity index (χ2v) is 7.52. The number of nitrogens with one attached hydrogen (secondary N) is 2. The predicted octanol–water partition coefficient (Wildman–Crippen LogP) is 1.11. The van der Waals surface area contributed by atoms with Crippen molar-refractivity contribution in [2.75, 3.05) is 25.0 Å². The topological polar surface area (TPSA) is 95.6 Å². The number of hydrogen-bond donors (Lipinski definition) is 2. The number of sulfonamides is 1. The Morgan fingerprint density at radius 3 is 2.54 bits per heavy atom. The molecule has 0 saturated heterocycles. The van der Waals surface area contributed by atoms with Gasteiger partial charge in [-0.25, -0.2) is 13.1 Å². The highest BCUT2D eigenvalue weighted by Crippen LogP contribution is 2.25. The summed E-state index contributed by atoms with van der Waals surface area (Å²) in [5.41, 5.74) is 1.28. The lowest BCUT2D eigenvalue weighted by atomic mass is 10.2. The molecular formula is C16H23N3O4S. The van der Waals surface area contributed by atoms with E-state index in [2.05, 4.69) is 10.0 Å². The molecule has 1 aliphatic heterocycles. The smallest absolute Gasteiger partial charge is 0.241 e. The van der Waals surface area contributed by atoms with Crippen molar-refractivity contribution in [3.05, 3.63) is 23.8 Å². The Balaban J connectivity index is 2.05. The first kappa shape index (κ1) is 18.4. The van der Waals surface area contributed by atoms with Crippen LogP contribution in [0.25, 0.3) is 0 Å². The van der Waals surface area contributed by atoms with Gasteiger partial charge in [-0.05, 0) is 36.6 Å². The number of nitrogens with zero attached hydrogens (tertiary/aromatic N) is 1. The Labute approximate surface area is 142 Å². The number of carbonyl (C=O) groups excluding carboxylic acids is 2. The van der Waals surface area contributed by atoms with Crippen molar-refractivity contribution >= 4 is 27.5 Å². The fraction of sp³-hybridized carbons (Fsp3) is 0.500. The Morgan fingerprint density at radius 1 is 1.25 bits per heavy atom. The number of carbonyl (C=O) groups is 2. The van der Waals surface area contributed by atoms with Gasteiger partial charge < -0.3 is 10.2 Å². The van der Waals surface area contributed by atoms with Gasteiger partial charge in [0.25, 0.3) is 0 Å². The minimum Gasteiger partial charge on any atom is -0.342 e. The highest BCUT2D eigenvalue weighted by molar-refractivity contribution is 7.89. The molecule has 132 valence electrons. The molecule has 1 aromatic carbocycles. The summed E-state index contributed by atoms with van der Waals surface area (Å²) < 4.78 is 27.1. The maximum absolute atomic E-state index is 12.4. The van der Waals surface area contributed by atoms with Gasteiger partial charge in [0.15, 0.2) is 0 Å². The quantitative estimate of drug-likeness (QED) is 0.732. The molecule has 0 saturated carbocycles. The van der Waals surface area contributed by atoms with Crippen LogP contribution < -0.4 is 10.0 Å². The maximum Gasteiger partial charge on any atom is 0.241 e. The van der Waals surface area contributed by atoms with Crippen LogP contribution in [0.4, 0.5) is 5.69 Å². The van der Waals surface area contributed by atoms with Gasteiger partial charge in [-0.2, -0.15) is 0 Å². The predicted molar refractivity (Wildman–Crippen MR) is 91.1 cm³/mol. The Kier molecular flexibility index (Phi) is 5.95. The van der Waals surface area contributed by atoms with Crippen LogP contribution in [0.15, 0.2) is 23.1 Å². The van der Waals surface area contributed by atoms with Gasteiger partial charge in [0.1, 0.15) is 0 Å². The van der Waals surface area contributed by atoms with E-state index in [1.54, 1.807) is 11.0 Å². The summed E-state index contributed by atoms with van der Waals surface area (Å²) in [6, 6.07) is 4.46. The highest BCUT2D eigenvalue weighted by atomic mass is 32.2. The van der Waals surface area contributed by atoms with Crippen molar-refractivity contribution in [1.29, 1.82) is 0 Å². The molecule has 1 aliphatic rings. The summed E-state index contributed by atoms with van der Waals surface area (Å²) in [4.78, 5) is 25.2. The van der Waals surface area contributed by atoms with Gasteiger partial charge in [-0.1, -0.05) is 13.8 Å². The van der Waals surface area contributed by atoms with E-state index in [0.717, 1.165) is 12.8 Å². The molecule has 0 spiro atoms. The molecule has 0 aliphatic carbocycles. The standard InChI is InChI=1S/C16H23N3O4S/c1-3-7-19(8-4-2)16(21)11-17-24(22,23)13-5-6-14-12(9-13)10-15(20)18-14/h5-6,9,17H,3-4,7-8,10-11H2,1-2H3,(H,18,20). The lowest BCUT2D eigenvalue weighted by molar-refractivity contribution is -0.130. The summed E-state index contributed by atoms with van der Waals surface area (Å²) in [6.45, 7) is 4.90. The minimum atomic E-state index is -3.79. The van der Waals surface area contributed by atoms with E-state index in [9.17, 15) is 18.0 Å². The lowest BCUT2D eigenvalue weighted by Gasteiger charge is -2.21. The highest BCUT2D eigenvalue weighted by Gasteiger charge is 2.23. The molecular weight excluding hydrogens is 330 g/mol. The van der Waals surface area contributed by atoms with Crippen LogP contribution >= 0.6 is 0 Å². The van der Waals surface area contributed by atoms with Crippen LogP contribution in [0.1, 0.15) is 32.3 Å². The molecule has 24 heavy (non-hydrogen) atoms. The normalized spacial score (nSPS) is 13.5. The first-order valence-electron chi connectivity index (χ1n) is 8.07. The second-order valence-electron chi connectivity index (χ2n) is 5.75. The van der Waals surface area contributed by atoms with Crippen molar-refractivity contribution in [2.24, 2.45) is 0 Å². The fourth-order valence-corrected chi connectivity index (χ4v) is 3.65. The number of hydrogen-bond acceptors (Lipinski definition) is 4. The summed E-state index contributed by atoms with van der Waals surface area (Å²) in [7, 11) is -3.79. The Hall–Kier alpha value is -1.93. The molecule has 1 aromatic rings. The average molecular weight is 353 g/mol. The molecule has 0 unspecified atom stereocenters. The van der Waals surface area contributed by atoms with E-state index in [0.29, 0.717) is 24.3 Å². The number of amides is 2. The monoisotopic (exact) mass is 353 g/mol. The zero-order valence-electron chi connectivity index (χ0n) is 14.0. The lowest BCUT2D eigenvalue weighted by Crippen LogP contribution is -2.40. The maximum atomic E-state index is 12.4. The van der Waals surface area contributed by atoms with E-state index < -0.39 is 10.0 Å². The average Bonchev–Trinajstić information content (AvgIpc) is 2.91. The van der Waals surface area contributed by atoms with Gasteiger partial charge in [0.05, 0.1) is 17.9 Å². The first-order chi connectivity index (χ1) is 11.4. The van der Waals surface area contributed by atoms with E-state index >= 15 is 0 Å². The molecule has 7 nitrogen and oxygen atoms in total. The molecule has 1 heterocycles. The van der Waals surface area contributed by atoms with Crippen molar-refractivity contribution in [3.8, 4) is 0 Å². The van der Waals surface area contributed by atoms with Crippen molar-refractivity contribution in [1.82, 2.24) is 9.62 Å². The number of fused-ring (bicyclic) bond motifs is 1. The molecule has 0 bridgehead atoms. The SMILES string of the molecule is CCCN(CCC)C(=O)CNS(=O)(=O)c1ccc2c(c1)CC(=O)N2. The molecule has 0 aromatic heterocycles. The van der Waals surface area contributed by atoms with Crippen LogP contribution in [0.3, 0.4) is 0 Å². The third-order valence-corrected chi connectivity index (χ3v) is 5.16. The van der Waals surface area contributed by atoms with Crippen LogP contribution in [0, 0.1) is 0 Å². The van der Waals surface area contributed by atoms with Gasteiger partial charge >= 0.3 is 0 Å². The second kappa shape index (κ2) is 7.76. The third-order valence-electron chi connectivity index (χ3n) is 3.77. The third kappa shape index (κ3) is 4.33. The largest absolute Gasteiger partial charge is 0.342 e. The fourth-order valence-electron chi connectivity index (χ4n) is 2.63. The van der Waals surface area contributed by atoms with Crippen LogP contribution in [0.2, 0.25) is 0 Å². The zero-order valence-corrected chi connectivity index (χ0v) is 14.8. The zero-order chi connectivity index (χ0) is 17.7.